The number of fused-ring (bicyclic) bond motifs is 1. The Labute approximate surface area is 100 Å². The second-order valence-electron chi connectivity index (χ2n) is 4.12. The van der Waals surface area contributed by atoms with Crippen LogP contribution in [0, 0.1) is 0 Å². The summed E-state index contributed by atoms with van der Waals surface area (Å²) in [6.07, 6.45) is 2.15. The molecule has 1 amide bonds. The zero-order chi connectivity index (χ0) is 11.5. The van der Waals surface area contributed by atoms with Crippen LogP contribution in [-0.4, -0.2) is 30.9 Å². The van der Waals surface area contributed by atoms with Crippen molar-refractivity contribution in [2.75, 3.05) is 20.1 Å². The molecule has 0 aromatic carbocycles. The highest BCUT2D eigenvalue weighted by molar-refractivity contribution is 7.10. The number of amides is 1. The average molecular weight is 238 g/mol. The SMILES string of the molecule is CCC1c2ccsc2CCN1CC(=O)NC. The largest absolute Gasteiger partial charge is 0.358 e. The summed E-state index contributed by atoms with van der Waals surface area (Å²) in [5.74, 6) is 0.108. The van der Waals surface area contributed by atoms with E-state index in [-0.39, 0.29) is 5.91 Å². The summed E-state index contributed by atoms with van der Waals surface area (Å²) >= 11 is 1.84. The van der Waals surface area contributed by atoms with Gasteiger partial charge in [0.2, 0.25) is 5.91 Å². The summed E-state index contributed by atoms with van der Waals surface area (Å²) < 4.78 is 0. The van der Waals surface area contributed by atoms with Crippen molar-refractivity contribution < 1.29 is 4.79 Å². The van der Waals surface area contributed by atoms with Crippen LogP contribution < -0.4 is 5.32 Å². The Morgan fingerprint density at radius 1 is 1.69 bits per heavy atom. The molecule has 1 aromatic heterocycles. The van der Waals surface area contributed by atoms with Crippen LogP contribution in [0.15, 0.2) is 11.4 Å². The fourth-order valence-corrected chi connectivity index (χ4v) is 3.31. The van der Waals surface area contributed by atoms with Crippen molar-refractivity contribution in [2.24, 2.45) is 0 Å². The van der Waals surface area contributed by atoms with Crippen LogP contribution in [0.5, 0.6) is 0 Å². The molecule has 1 aliphatic rings. The Bertz CT molecular complexity index is 375. The Kier molecular flexibility index (Phi) is 3.61. The van der Waals surface area contributed by atoms with Crippen LogP contribution >= 0.6 is 11.3 Å². The molecule has 3 nitrogen and oxygen atoms in total. The smallest absolute Gasteiger partial charge is 0.233 e. The van der Waals surface area contributed by atoms with Crippen LogP contribution in [0.2, 0.25) is 0 Å². The summed E-state index contributed by atoms with van der Waals surface area (Å²) in [5, 5.41) is 4.86. The fraction of sp³-hybridized carbons (Fsp3) is 0.583. The van der Waals surface area contributed by atoms with E-state index in [0.717, 1.165) is 19.4 Å². The third-order valence-electron chi connectivity index (χ3n) is 3.22. The lowest BCUT2D eigenvalue weighted by Crippen LogP contribution is -2.41. The van der Waals surface area contributed by atoms with Crippen molar-refractivity contribution in [1.29, 1.82) is 0 Å². The Balaban J connectivity index is 2.14. The van der Waals surface area contributed by atoms with E-state index >= 15 is 0 Å². The molecule has 0 saturated carbocycles. The molecule has 88 valence electrons. The third kappa shape index (κ3) is 2.13. The quantitative estimate of drug-likeness (QED) is 0.871. The first kappa shape index (κ1) is 11.6. The van der Waals surface area contributed by atoms with E-state index in [1.807, 2.05) is 11.3 Å². The number of nitrogens with one attached hydrogen (secondary N) is 1. The van der Waals surface area contributed by atoms with Gasteiger partial charge in [-0.05, 0) is 29.9 Å². The van der Waals surface area contributed by atoms with Gasteiger partial charge in [-0.3, -0.25) is 9.69 Å². The minimum absolute atomic E-state index is 0.108. The molecule has 0 bridgehead atoms. The number of thiophene rings is 1. The highest BCUT2D eigenvalue weighted by atomic mass is 32.1. The van der Waals surface area contributed by atoms with Crippen molar-refractivity contribution in [3.8, 4) is 0 Å². The van der Waals surface area contributed by atoms with E-state index in [9.17, 15) is 4.79 Å². The number of hydrogen-bond acceptors (Lipinski definition) is 3. The minimum atomic E-state index is 0.108. The van der Waals surface area contributed by atoms with Crippen LogP contribution in [-0.2, 0) is 11.2 Å². The Morgan fingerprint density at radius 2 is 2.50 bits per heavy atom. The summed E-state index contributed by atoms with van der Waals surface area (Å²) in [6.45, 7) is 3.71. The fourth-order valence-electron chi connectivity index (χ4n) is 2.38. The van der Waals surface area contributed by atoms with Gasteiger partial charge in [-0.2, -0.15) is 0 Å². The molecule has 16 heavy (non-hydrogen) atoms. The van der Waals surface area contributed by atoms with Crippen LogP contribution in [0.1, 0.15) is 29.8 Å². The summed E-state index contributed by atoms with van der Waals surface area (Å²) in [4.78, 5) is 15.2. The van der Waals surface area contributed by atoms with Gasteiger partial charge in [0.25, 0.3) is 0 Å². The van der Waals surface area contributed by atoms with Gasteiger partial charge in [0.05, 0.1) is 6.54 Å². The first-order chi connectivity index (χ1) is 7.76. The number of carbonyl (C=O) groups excluding carboxylic acids is 1. The van der Waals surface area contributed by atoms with Crippen molar-refractivity contribution in [3.05, 3.63) is 21.9 Å². The molecule has 1 N–H and O–H groups in total. The Morgan fingerprint density at radius 3 is 3.19 bits per heavy atom. The maximum atomic E-state index is 11.4. The number of carbonyl (C=O) groups is 1. The van der Waals surface area contributed by atoms with Crippen LogP contribution in [0.4, 0.5) is 0 Å². The first-order valence-electron chi connectivity index (χ1n) is 5.77. The molecule has 0 fully saturated rings. The van der Waals surface area contributed by atoms with Gasteiger partial charge < -0.3 is 5.32 Å². The van der Waals surface area contributed by atoms with Crippen molar-refractivity contribution in [1.82, 2.24) is 10.2 Å². The molecule has 0 radical (unpaired) electrons. The number of rotatable bonds is 3. The van der Waals surface area contributed by atoms with E-state index in [2.05, 4.69) is 28.6 Å². The molecule has 1 atom stereocenters. The van der Waals surface area contributed by atoms with Gasteiger partial charge in [-0.1, -0.05) is 6.92 Å². The molecule has 0 saturated heterocycles. The molecular weight excluding hydrogens is 220 g/mol. The molecule has 4 heteroatoms. The maximum absolute atomic E-state index is 11.4. The van der Waals surface area contributed by atoms with E-state index < -0.39 is 0 Å². The van der Waals surface area contributed by atoms with Gasteiger partial charge in [-0.25, -0.2) is 0 Å². The van der Waals surface area contributed by atoms with Crippen LogP contribution in [0.25, 0.3) is 0 Å². The van der Waals surface area contributed by atoms with Crippen molar-refractivity contribution >= 4 is 17.2 Å². The molecule has 1 aromatic rings. The predicted molar refractivity (Wildman–Crippen MR) is 66.7 cm³/mol. The molecule has 1 aliphatic heterocycles. The molecule has 2 rings (SSSR count). The van der Waals surface area contributed by atoms with Gasteiger partial charge >= 0.3 is 0 Å². The zero-order valence-corrected chi connectivity index (χ0v) is 10.6. The Hall–Kier alpha value is -0.870. The lowest BCUT2D eigenvalue weighted by atomic mass is 9.98. The topological polar surface area (TPSA) is 32.3 Å². The second-order valence-corrected chi connectivity index (χ2v) is 5.12. The highest BCUT2D eigenvalue weighted by Crippen LogP contribution is 2.34. The molecule has 0 spiro atoms. The minimum Gasteiger partial charge on any atom is -0.358 e. The summed E-state index contributed by atoms with van der Waals surface area (Å²) in [7, 11) is 1.70. The van der Waals surface area contributed by atoms with E-state index in [1.54, 1.807) is 7.05 Å². The standard InChI is InChI=1S/C12H18N2OS/c1-3-10-9-5-7-16-11(9)4-6-14(10)8-12(15)13-2/h5,7,10H,3-4,6,8H2,1-2H3,(H,13,15). The third-order valence-corrected chi connectivity index (χ3v) is 4.21. The van der Waals surface area contributed by atoms with E-state index in [4.69, 9.17) is 0 Å². The predicted octanol–water partition coefficient (Wildman–Crippen LogP) is 1.80. The molecule has 2 heterocycles. The normalized spacial score (nSPS) is 20.5. The number of likely N-dealkylation sites (N-methyl/N-ethyl adjacent to an activating group) is 1. The monoisotopic (exact) mass is 238 g/mol. The lowest BCUT2D eigenvalue weighted by Gasteiger charge is -2.34. The van der Waals surface area contributed by atoms with Gasteiger partial charge in [0.1, 0.15) is 0 Å². The van der Waals surface area contributed by atoms with Gasteiger partial charge in [0, 0.05) is 24.5 Å². The molecular formula is C12H18N2OS. The second kappa shape index (κ2) is 4.97. The van der Waals surface area contributed by atoms with Crippen molar-refractivity contribution in [2.45, 2.75) is 25.8 Å². The van der Waals surface area contributed by atoms with Gasteiger partial charge in [0.15, 0.2) is 0 Å². The summed E-state index contributed by atoms with van der Waals surface area (Å²) in [5.41, 5.74) is 1.43. The number of hydrogen-bond donors (Lipinski definition) is 1. The molecule has 0 aliphatic carbocycles. The number of nitrogens with zero attached hydrogens (tertiary/aromatic N) is 1. The summed E-state index contributed by atoms with van der Waals surface area (Å²) in [6, 6.07) is 2.64. The van der Waals surface area contributed by atoms with Crippen molar-refractivity contribution in [3.63, 3.8) is 0 Å². The highest BCUT2D eigenvalue weighted by Gasteiger charge is 2.27. The van der Waals surface area contributed by atoms with Crippen LogP contribution in [0.3, 0.4) is 0 Å². The van der Waals surface area contributed by atoms with E-state index in [1.165, 1.54) is 10.4 Å². The molecule has 1 unspecified atom stereocenters. The van der Waals surface area contributed by atoms with Gasteiger partial charge in [-0.15, -0.1) is 11.3 Å². The first-order valence-corrected chi connectivity index (χ1v) is 6.65. The zero-order valence-electron chi connectivity index (χ0n) is 9.82. The lowest BCUT2D eigenvalue weighted by molar-refractivity contribution is -0.122. The van der Waals surface area contributed by atoms with E-state index in [0.29, 0.717) is 12.6 Å². The average Bonchev–Trinajstić information content (AvgIpc) is 2.76. The maximum Gasteiger partial charge on any atom is 0.233 e.